The average Bonchev–Trinajstić information content (AvgIpc) is 2.08. The maximum absolute atomic E-state index is 12.1. The van der Waals surface area contributed by atoms with E-state index in [0.717, 1.165) is 19.3 Å². The van der Waals surface area contributed by atoms with Gasteiger partial charge in [0.25, 0.3) is 0 Å². The number of hydroxylamine groups is 1. The number of carbonyl (C=O) groups is 1. The Morgan fingerprint density at radius 1 is 0.882 bits per heavy atom. The molecule has 0 aromatic carbocycles. The third kappa shape index (κ3) is 1.48. The molecule has 4 aliphatic rings. The van der Waals surface area contributed by atoms with Crippen LogP contribution in [0.15, 0.2) is 0 Å². The fourth-order valence-corrected chi connectivity index (χ4v) is 6.65. The Morgan fingerprint density at radius 3 is 1.53 bits per heavy atom. The van der Waals surface area contributed by atoms with Crippen molar-refractivity contribution in [3.8, 4) is 0 Å². The first-order valence-electron chi connectivity index (χ1n) is 6.67. The zero-order chi connectivity index (χ0) is 12.5. The summed E-state index contributed by atoms with van der Waals surface area (Å²) in [5.74, 6) is -0.139. The lowest BCUT2D eigenvalue weighted by atomic mass is 9.36. The molecule has 17 heavy (non-hydrogen) atoms. The highest BCUT2D eigenvalue weighted by atomic mass is 16.5. The van der Waals surface area contributed by atoms with Crippen molar-refractivity contribution in [2.24, 2.45) is 21.7 Å². The van der Waals surface area contributed by atoms with Gasteiger partial charge >= 0.3 is 0 Å². The standard InChI is InChI=1S/C14H23NO2/c1-11-4-12(2)6-13(3,5-11)9-14(7-11,8-12)10(16)15-17/h17H,4-9H2,1-3H3,(H,15,16). The molecule has 0 radical (unpaired) electrons. The van der Waals surface area contributed by atoms with Crippen molar-refractivity contribution in [2.45, 2.75) is 59.3 Å². The molecular formula is C14H23NO2. The monoisotopic (exact) mass is 237 g/mol. The number of amides is 1. The molecule has 0 aromatic rings. The van der Waals surface area contributed by atoms with Crippen LogP contribution in [0.5, 0.6) is 0 Å². The van der Waals surface area contributed by atoms with Crippen LogP contribution in [0.25, 0.3) is 0 Å². The van der Waals surface area contributed by atoms with Crippen molar-refractivity contribution in [3.63, 3.8) is 0 Å². The summed E-state index contributed by atoms with van der Waals surface area (Å²) in [5, 5.41) is 9.05. The Morgan fingerprint density at radius 2 is 1.24 bits per heavy atom. The number of hydrogen-bond donors (Lipinski definition) is 2. The molecule has 4 rings (SSSR count). The predicted octanol–water partition coefficient (Wildman–Crippen LogP) is 2.88. The largest absolute Gasteiger partial charge is 0.289 e. The summed E-state index contributed by atoms with van der Waals surface area (Å²) >= 11 is 0. The number of nitrogens with one attached hydrogen (secondary N) is 1. The molecule has 0 spiro atoms. The summed E-state index contributed by atoms with van der Waals surface area (Å²) in [6.45, 7) is 7.00. The minimum Gasteiger partial charge on any atom is -0.289 e. The minimum atomic E-state index is -0.304. The Kier molecular flexibility index (Phi) is 1.95. The van der Waals surface area contributed by atoms with E-state index >= 15 is 0 Å². The maximum Gasteiger partial charge on any atom is 0.249 e. The van der Waals surface area contributed by atoms with Gasteiger partial charge in [-0.1, -0.05) is 20.8 Å². The van der Waals surface area contributed by atoms with Crippen molar-refractivity contribution >= 4 is 5.91 Å². The van der Waals surface area contributed by atoms with Gasteiger partial charge in [-0.3, -0.25) is 10.0 Å². The average molecular weight is 237 g/mol. The van der Waals surface area contributed by atoms with Crippen LogP contribution in [0.2, 0.25) is 0 Å². The van der Waals surface area contributed by atoms with Gasteiger partial charge < -0.3 is 0 Å². The third-order valence-electron chi connectivity index (χ3n) is 5.44. The highest BCUT2D eigenvalue weighted by Gasteiger charge is 2.66. The van der Waals surface area contributed by atoms with E-state index in [1.165, 1.54) is 19.3 Å². The fourth-order valence-electron chi connectivity index (χ4n) is 6.65. The molecule has 0 aliphatic heterocycles. The first kappa shape index (κ1) is 11.5. The summed E-state index contributed by atoms with van der Waals surface area (Å²) in [7, 11) is 0. The molecule has 96 valence electrons. The van der Waals surface area contributed by atoms with Crippen LogP contribution in [0.1, 0.15) is 59.3 Å². The van der Waals surface area contributed by atoms with Crippen LogP contribution in [-0.2, 0) is 4.79 Å². The van der Waals surface area contributed by atoms with E-state index in [4.69, 9.17) is 5.21 Å². The van der Waals surface area contributed by atoms with Crippen LogP contribution in [0.3, 0.4) is 0 Å². The molecule has 4 bridgehead atoms. The Balaban J connectivity index is 2.07. The van der Waals surface area contributed by atoms with Crippen LogP contribution >= 0.6 is 0 Å². The Hall–Kier alpha value is -0.570. The SMILES string of the molecule is CC12CC3(C)CC(C)(C1)CC(C(=O)NO)(C2)C3. The molecule has 0 aromatic heterocycles. The van der Waals surface area contributed by atoms with Gasteiger partial charge in [-0.2, -0.15) is 0 Å². The van der Waals surface area contributed by atoms with Crippen molar-refractivity contribution < 1.29 is 10.0 Å². The summed E-state index contributed by atoms with van der Waals surface area (Å²) in [4.78, 5) is 12.1. The van der Waals surface area contributed by atoms with Crippen LogP contribution in [0.4, 0.5) is 0 Å². The topological polar surface area (TPSA) is 49.3 Å². The summed E-state index contributed by atoms with van der Waals surface area (Å²) < 4.78 is 0. The second kappa shape index (κ2) is 2.87. The molecule has 0 saturated heterocycles. The Labute approximate surface area is 103 Å². The lowest BCUT2D eigenvalue weighted by Gasteiger charge is -2.68. The van der Waals surface area contributed by atoms with Gasteiger partial charge in [0.05, 0.1) is 5.41 Å². The smallest absolute Gasteiger partial charge is 0.249 e. The molecule has 0 atom stereocenters. The van der Waals surface area contributed by atoms with Crippen LogP contribution in [-0.4, -0.2) is 11.1 Å². The van der Waals surface area contributed by atoms with Gasteiger partial charge in [0.15, 0.2) is 0 Å². The summed E-state index contributed by atoms with van der Waals surface area (Å²) in [6.07, 6.45) is 6.61. The zero-order valence-electron chi connectivity index (χ0n) is 11.1. The number of rotatable bonds is 1. The van der Waals surface area contributed by atoms with Crippen molar-refractivity contribution in [1.29, 1.82) is 0 Å². The van der Waals surface area contributed by atoms with E-state index in [-0.39, 0.29) is 11.3 Å². The molecule has 4 saturated carbocycles. The van der Waals surface area contributed by atoms with Crippen LogP contribution in [0, 0.1) is 21.7 Å². The molecule has 3 nitrogen and oxygen atoms in total. The van der Waals surface area contributed by atoms with Crippen molar-refractivity contribution in [3.05, 3.63) is 0 Å². The molecule has 0 unspecified atom stereocenters. The lowest BCUT2D eigenvalue weighted by Crippen LogP contribution is -2.62. The fraction of sp³-hybridized carbons (Fsp3) is 0.929. The van der Waals surface area contributed by atoms with E-state index < -0.39 is 0 Å². The number of carbonyl (C=O) groups excluding carboxylic acids is 1. The van der Waals surface area contributed by atoms with Gasteiger partial charge in [0, 0.05) is 0 Å². The van der Waals surface area contributed by atoms with Gasteiger partial charge in [-0.05, 0) is 54.8 Å². The van der Waals surface area contributed by atoms with Crippen molar-refractivity contribution in [1.82, 2.24) is 5.48 Å². The van der Waals surface area contributed by atoms with Gasteiger partial charge in [-0.15, -0.1) is 0 Å². The molecule has 4 fully saturated rings. The molecule has 2 N–H and O–H groups in total. The van der Waals surface area contributed by atoms with Gasteiger partial charge in [-0.25, -0.2) is 5.48 Å². The normalized spacial score (nSPS) is 56.0. The highest BCUT2D eigenvalue weighted by molar-refractivity contribution is 5.82. The Bertz CT molecular complexity index is 336. The maximum atomic E-state index is 12.1. The second-order valence-corrected chi connectivity index (χ2v) is 8.21. The molecule has 1 amide bonds. The van der Waals surface area contributed by atoms with E-state index in [1.807, 2.05) is 5.48 Å². The van der Waals surface area contributed by atoms with Gasteiger partial charge in [0.2, 0.25) is 5.91 Å². The van der Waals surface area contributed by atoms with E-state index in [1.54, 1.807) is 0 Å². The van der Waals surface area contributed by atoms with E-state index in [2.05, 4.69) is 20.8 Å². The second-order valence-electron chi connectivity index (χ2n) is 8.21. The minimum absolute atomic E-state index is 0.139. The molecule has 4 aliphatic carbocycles. The lowest BCUT2D eigenvalue weighted by molar-refractivity contribution is -0.196. The zero-order valence-corrected chi connectivity index (χ0v) is 11.1. The van der Waals surface area contributed by atoms with Crippen molar-refractivity contribution in [2.75, 3.05) is 0 Å². The molecule has 3 heteroatoms. The first-order chi connectivity index (χ1) is 7.72. The van der Waals surface area contributed by atoms with Gasteiger partial charge in [0.1, 0.15) is 0 Å². The highest BCUT2D eigenvalue weighted by Crippen LogP contribution is 2.73. The van der Waals surface area contributed by atoms with E-state index in [9.17, 15) is 4.79 Å². The third-order valence-corrected chi connectivity index (χ3v) is 5.44. The number of hydrogen-bond acceptors (Lipinski definition) is 2. The van der Waals surface area contributed by atoms with Crippen LogP contribution < -0.4 is 5.48 Å². The summed E-state index contributed by atoms with van der Waals surface area (Å²) in [6, 6.07) is 0. The van der Waals surface area contributed by atoms with E-state index in [0.29, 0.717) is 16.2 Å². The quantitative estimate of drug-likeness (QED) is 0.544. The molecule has 0 heterocycles. The predicted molar refractivity (Wildman–Crippen MR) is 64.4 cm³/mol. The molecular weight excluding hydrogens is 214 g/mol. The first-order valence-corrected chi connectivity index (χ1v) is 6.67. The summed E-state index contributed by atoms with van der Waals surface area (Å²) in [5.41, 5.74) is 2.52.